The van der Waals surface area contributed by atoms with E-state index in [1.54, 1.807) is 6.07 Å². The maximum absolute atomic E-state index is 12.7. The maximum atomic E-state index is 12.7. The van der Waals surface area contributed by atoms with Gasteiger partial charge in [0.15, 0.2) is 0 Å². The number of piperidine rings is 1. The van der Waals surface area contributed by atoms with Crippen LogP contribution in [0.1, 0.15) is 41.4 Å². The van der Waals surface area contributed by atoms with Gasteiger partial charge in [0.05, 0.1) is 5.56 Å². The molecule has 140 valence electrons. The van der Waals surface area contributed by atoms with Crippen LogP contribution in [0.15, 0.2) is 35.5 Å². The molecule has 0 aliphatic carbocycles. The Morgan fingerprint density at radius 1 is 1.38 bits per heavy atom. The van der Waals surface area contributed by atoms with Gasteiger partial charge >= 0.3 is 0 Å². The molecule has 0 radical (unpaired) electrons. The highest BCUT2D eigenvalue weighted by molar-refractivity contribution is 5.93. The first-order valence-corrected chi connectivity index (χ1v) is 9.18. The Balaban J connectivity index is 1.67. The number of aryl methyl sites for hydroxylation is 1. The molecule has 3 heterocycles. The van der Waals surface area contributed by atoms with Gasteiger partial charge in [0.2, 0.25) is 5.56 Å². The van der Waals surface area contributed by atoms with Crippen molar-refractivity contribution in [1.82, 2.24) is 24.3 Å². The molecule has 7 heteroatoms. The number of hydrogen-bond acceptors (Lipinski definition) is 4. The smallest absolute Gasteiger partial charge is 0.255 e. The average molecular weight is 357 g/mol. The van der Waals surface area contributed by atoms with E-state index in [1.165, 1.54) is 12.3 Å². The van der Waals surface area contributed by atoms with E-state index in [-0.39, 0.29) is 17.4 Å². The first-order chi connectivity index (χ1) is 12.5. The van der Waals surface area contributed by atoms with Gasteiger partial charge in [-0.15, -0.1) is 0 Å². The zero-order valence-electron chi connectivity index (χ0n) is 15.5. The summed E-state index contributed by atoms with van der Waals surface area (Å²) in [5, 5.41) is 0. The summed E-state index contributed by atoms with van der Waals surface area (Å²) in [4.78, 5) is 35.1. The van der Waals surface area contributed by atoms with Crippen molar-refractivity contribution in [1.29, 1.82) is 0 Å². The number of aromatic nitrogens is 3. The Kier molecular flexibility index (Phi) is 5.88. The van der Waals surface area contributed by atoms with Crippen molar-refractivity contribution in [3.8, 4) is 0 Å². The molecule has 1 amide bonds. The predicted octanol–water partition coefficient (Wildman–Crippen LogP) is 1.54. The zero-order chi connectivity index (χ0) is 18.5. The molecule has 3 rings (SSSR count). The molecular formula is C19H27N5O2. The van der Waals surface area contributed by atoms with Gasteiger partial charge in [-0.05, 0) is 46.0 Å². The summed E-state index contributed by atoms with van der Waals surface area (Å²) in [5.41, 5.74) is 0.331. The number of aromatic amines is 1. The van der Waals surface area contributed by atoms with Crippen molar-refractivity contribution in [2.24, 2.45) is 0 Å². The standard InChI is InChI=1S/C19H27N5O2/c1-22(2)9-4-11-23-12-8-20-18(23)16-5-3-10-24(14-16)19(26)15-6-7-17(25)21-13-15/h6-8,12-13,16H,3-5,9-11,14H2,1-2H3,(H,21,25). The minimum Gasteiger partial charge on any atom is -0.338 e. The van der Waals surface area contributed by atoms with Crippen molar-refractivity contribution in [2.75, 3.05) is 33.7 Å². The zero-order valence-corrected chi connectivity index (χ0v) is 15.5. The highest BCUT2D eigenvalue weighted by atomic mass is 16.2. The van der Waals surface area contributed by atoms with Crippen LogP contribution >= 0.6 is 0 Å². The third-order valence-corrected chi connectivity index (χ3v) is 4.86. The molecule has 1 atom stereocenters. The molecule has 0 spiro atoms. The summed E-state index contributed by atoms with van der Waals surface area (Å²) < 4.78 is 2.22. The number of pyridine rings is 1. The third kappa shape index (κ3) is 4.40. The number of H-pyrrole nitrogens is 1. The van der Waals surface area contributed by atoms with Crippen molar-refractivity contribution >= 4 is 5.91 Å². The molecule has 2 aromatic rings. The second-order valence-corrected chi connectivity index (χ2v) is 7.17. The molecule has 1 fully saturated rings. The van der Waals surface area contributed by atoms with Gasteiger partial charge in [0.25, 0.3) is 5.91 Å². The summed E-state index contributed by atoms with van der Waals surface area (Å²) in [6.45, 7) is 3.40. The summed E-state index contributed by atoms with van der Waals surface area (Å²) >= 11 is 0. The van der Waals surface area contributed by atoms with Crippen LogP contribution in [0.3, 0.4) is 0 Å². The van der Waals surface area contributed by atoms with E-state index >= 15 is 0 Å². The number of imidazole rings is 1. The number of nitrogens with one attached hydrogen (secondary N) is 1. The number of amides is 1. The minimum absolute atomic E-state index is 0.0309. The normalized spacial score (nSPS) is 17.7. The Labute approximate surface area is 153 Å². The van der Waals surface area contributed by atoms with Crippen LogP contribution in [0.25, 0.3) is 0 Å². The second kappa shape index (κ2) is 8.31. The maximum Gasteiger partial charge on any atom is 0.255 e. The van der Waals surface area contributed by atoms with Gasteiger partial charge in [-0.1, -0.05) is 0 Å². The molecular weight excluding hydrogens is 330 g/mol. The van der Waals surface area contributed by atoms with E-state index < -0.39 is 0 Å². The van der Waals surface area contributed by atoms with E-state index in [0.717, 1.165) is 44.7 Å². The molecule has 1 saturated heterocycles. The van der Waals surface area contributed by atoms with Gasteiger partial charge in [-0.2, -0.15) is 0 Å². The number of rotatable bonds is 6. The Morgan fingerprint density at radius 3 is 2.96 bits per heavy atom. The lowest BCUT2D eigenvalue weighted by Gasteiger charge is -2.32. The van der Waals surface area contributed by atoms with Gasteiger partial charge in [0, 0.05) is 50.2 Å². The third-order valence-electron chi connectivity index (χ3n) is 4.86. The lowest BCUT2D eigenvalue weighted by atomic mass is 9.96. The average Bonchev–Trinajstić information content (AvgIpc) is 3.10. The lowest BCUT2D eigenvalue weighted by Crippen LogP contribution is -2.40. The lowest BCUT2D eigenvalue weighted by molar-refractivity contribution is 0.0702. The molecule has 1 N–H and O–H groups in total. The van der Waals surface area contributed by atoms with E-state index in [0.29, 0.717) is 12.1 Å². The van der Waals surface area contributed by atoms with Crippen molar-refractivity contribution in [3.05, 3.63) is 52.5 Å². The molecule has 7 nitrogen and oxygen atoms in total. The van der Waals surface area contributed by atoms with Crippen LogP contribution in [0.2, 0.25) is 0 Å². The number of nitrogens with zero attached hydrogens (tertiary/aromatic N) is 4. The van der Waals surface area contributed by atoms with Crippen LogP contribution in [0, 0.1) is 0 Å². The number of carbonyl (C=O) groups is 1. The first-order valence-electron chi connectivity index (χ1n) is 9.18. The largest absolute Gasteiger partial charge is 0.338 e. The second-order valence-electron chi connectivity index (χ2n) is 7.17. The molecule has 2 aromatic heterocycles. The highest BCUT2D eigenvalue weighted by Gasteiger charge is 2.28. The fourth-order valence-electron chi connectivity index (χ4n) is 3.53. The monoisotopic (exact) mass is 357 g/mol. The Bertz CT molecular complexity index is 775. The first kappa shape index (κ1) is 18.4. The van der Waals surface area contributed by atoms with Crippen LogP contribution in [-0.2, 0) is 6.54 Å². The summed E-state index contributed by atoms with van der Waals surface area (Å²) in [6.07, 6.45) is 8.46. The Hall–Kier alpha value is -2.41. The fraction of sp³-hybridized carbons (Fsp3) is 0.526. The minimum atomic E-state index is -0.196. The van der Waals surface area contributed by atoms with Crippen LogP contribution < -0.4 is 5.56 Å². The highest BCUT2D eigenvalue weighted by Crippen LogP contribution is 2.26. The van der Waals surface area contributed by atoms with Gasteiger partial charge < -0.3 is 19.4 Å². The summed E-state index contributed by atoms with van der Waals surface area (Å²) in [7, 11) is 4.16. The molecule has 1 aliphatic heterocycles. The molecule has 26 heavy (non-hydrogen) atoms. The van der Waals surface area contributed by atoms with Gasteiger partial charge in [0.1, 0.15) is 5.82 Å². The predicted molar refractivity (Wildman–Crippen MR) is 100 cm³/mol. The van der Waals surface area contributed by atoms with Gasteiger partial charge in [-0.25, -0.2) is 4.98 Å². The van der Waals surface area contributed by atoms with E-state index in [9.17, 15) is 9.59 Å². The van der Waals surface area contributed by atoms with Crippen molar-refractivity contribution in [2.45, 2.75) is 31.7 Å². The van der Waals surface area contributed by atoms with Crippen LogP contribution in [0.5, 0.6) is 0 Å². The summed E-state index contributed by atoms with van der Waals surface area (Å²) in [5.74, 6) is 1.30. The molecule has 0 bridgehead atoms. The van der Waals surface area contributed by atoms with E-state index in [2.05, 4.69) is 33.5 Å². The Morgan fingerprint density at radius 2 is 2.23 bits per heavy atom. The number of hydrogen-bond donors (Lipinski definition) is 1. The molecule has 0 saturated carbocycles. The summed E-state index contributed by atoms with van der Waals surface area (Å²) in [6, 6.07) is 2.99. The molecule has 0 aromatic carbocycles. The van der Waals surface area contributed by atoms with Gasteiger partial charge in [-0.3, -0.25) is 9.59 Å². The van der Waals surface area contributed by atoms with Crippen LogP contribution in [0.4, 0.5) is 0 Å². The number of carbonyl (C=O) groups excluding carboxylic acids is 1. The number of likely N-dealkylation sites (tertiary alicyclic amines) is 1. The quantitative estimate of drug-likeness (QED) is 0.851. The fourth-order valence-corrected chi connectivity index (χ4v) is 3.53. The van der Waals surface area contributed by atoms with Crippen LogP contribution in [-0.4, -0.2) is 64.0 Å². The van der Waals surface area contributed by atoms with E-state index in [1.807, 2.05) is 17.3 Å². The molecule has 1 aliphatic rings. The van der Waals surface area contributed by atoms with Crippen molar-refractivity contribution < 1.29 is 4.79 Å². The van der Waals surface area contributed by atoms with E-state index in [4.69, 9.17) is 0 Å². The SMILES string of the molecule is CN(C)CCCn1ccnc1C1CCCN(C(=O)c2ccc(=O)[nH]c2)C1. The van der Waals surface area contributed by atoms with Crippen molar-refractivity contribution in [3.63, 3.8) is 0 Å². The molecule has 1 unspecified atom stereocenters. The topological polar surface area (TPSA) is 74.2 Å².